The van der Waals surface area contributed by atoms with Gasteiger partial charge in [-0.15, -0.1) is 0 Å². The normalized spacial score (nSPS) is 15.2. The van der Waals surface area contributed by atoms with Crippen LogP contribution in [-0.4, -0.2) is 30.1 Å². The van der Waals surface area contributed by atoms with Crippen LogP contribution in [0.15, 0.2) is 12.1 Å². The Labute approximate surface area is 144 Å². The van der Waals surface area contributed by atoms with E-state index in [4.69, 9.17) is 10.5 Å². The summed E-state index contributed by atoms with van der Waals surface area (Å²) in [6.45, 7) is 6.41. The van der Waals surface area contributed by atoms with E-state index in [9.17, 15) is 22.8 Å². The number of hydrogen-bond acceptors (Lipinski definition) is 4. The largest absolute Gasteiger partial charge is 0.444 e. The number of rotatable bonds is 6. The molecule has 0 fully saturated rings. The van der Waals surface area contributed by atoms with Crippen molar-refractivity contribution in [3.8, 4) is 0 Å². The summed E-state index contributed by atoms with van der Waals surface area (Å²) in [6, 6.07) is -0.440. The molecule has 0 aromatic heterocycles. The Bertz CT molecular complexity index is 630. The topological polar surface area (TPSA) is 81.4 Å². The molecule has 0 bridgehead atoms. The van der Waals surface area contributed by atoms with Gasteiger partial charge in [-0.25, -0.2) is 18.0 Å². The van der Waals surface area contributed by atoms with Crippen molar-refractivity contribution in [2.24, 2.45) is 5.73 Å². The first-order valence-corrected chi connectivity index (χ1v) is 7.80. The smallest absolute Gasteiger partial charge is 0.408 e. The molecule has 8 heteroatoms. The van der Waals surface area contributed by atoms with Crippen LogP contribution in [0.2, 0.25) is 0 Å². The Balaban J connectivity index is 3.03. The fraction of sp³-hybridized carbons (Fsp3) is 0.529. The minimum atomic E-state index is -1.36. The minimum absolute atomic E-state index is 0.211. The molecule has 3 atom stereocenters. The van der Waals surface area contributed by atoms with Crippen molar-refractivity contribution in [3.63, 3.8) is 0 Å². The molecule has 0 aliphatic heterocycles. The van der Waals surface area contributed by atoms with Crippen LogP contribution < -0.4 is 11.1 Å². The molecule has 0 aliphatic rings. The number of amides is 1. The maximum atomic E-state index is 14.0. The summed E-state index contributed by atoms with van der Waals surface area (Å²) < 4.78 is 46.6. The summed E-state index contributed by atoms with van der Waals surface area (Å²) in [7, 11) is 0. The number of carbonyl (C=O) groups excluding carboxylic acids is 2. The molecule has 0 unspecified atom stereocenters. The second-order valence-electron chi connectivity index (χ2n) is 6.85. The number of aldehydes is 1. The van der Waals surface area contributed by atoms with Crippen LogP contribution in [0.4, 0.5) is 18.0 Å². The van der Waals surface area contributed by atoms with E-state index in [2.05, 4.69) is 5.32 Å². The van der Waals surface area contributed by atoms with Gasteiger partial charge in [-0.1, -0.05) is 0 Å². The van der Waals surface area contributed by atoms with E-state index in [1.807, 2.05) is 0 Å². The predicted molar refractivity (Wildman–Crippen MR) is 86.5 cm³/mol. The van der Waals surface area contributed by atoms with E-state index in [1.54, 1.807) is 20.8 Å². The molecule has 0 radical (unpaired) electrons. The highest BCUT2D eigenvalue weighted by Crippen LogP contribution is 2.30. The molecule has 0 spiro atoms. The lowest BCUT2D eigenvalue weighted by Gasteiger charge is -2.26. The maximum absolute atomic E-state index is 14.0. The number of carbonyl (C=O) groups is 2. The summed E-state index contributed by atoms with van der Waals surface area (Å²) in [5.41, 5.74) is 4.45. The third kappa shape index (κ3) is 6.04. The van der Waals surface area contributed by atoms with Crippen LogP contribution in [0.1, 0.15) is 45.6 Å². The van der Waals surface area contributed by atoms with Crippen molar-refractivity contribution in [1.29, 1.82) is 0 Å². The number of nitrogens with one attached hydrogen (secondary N) is 1. The zero-order valence-electron chi connectivity index (χ0n) is 14.6. The Morgan fingerprint density at radius 1 is 1.28 bits per heavy atom. The second-order valence-corrected chi connectivity index (χ2v) is 6.85. The molecule has 3 N–H and O–H groups in total. The summed E-state index contributed by atoms with van der Waals surface area (Å²) in [5.74, 6) is -4.57. The average molecular weight is 360 g/mol. The highest BCUT2D eigenvalue weighted by Gasteiger charge is 2.29. The predicted octanol–water partition coefficient (Wildman–Crippen LogP) is 3.02. The molecule has 140 valence electrons. The van der Waals surface area contributed by atoms with Crippen molar-refractivity contribution < 1.29 is 27.5 Å². The highest BCUT2D eigenvalue weighted by molar-refractivity contribution is 5.73. The average Bonchev–Trinajstić information content (AvgIpc) is 2.47. The van der Waals surface area contributed by atoms with Crippen molar-refractivity contribution in [1.82, 2.24) is 5.32 Å². The molecule has 1 rings (SSSR count). The molecule has 0 saturated carbocycles. The third-order valence-electron chi connectivity index (χ3n) is 3.46. The van der Waals surface area contributed by atoms with Crippen LogP contribution in [0.25, 0.3) is 0 Å². The quantitative estimate of drug-likeness (QED) is 0.604. The van der Waals surface area contributed by atoms with Gasteiger partial charge in [-0.05, 0) is 46.2 Å². The molecule has 1 aromatic rings. The number of ether oxygens (including phenoxy) is 1. The third-order valence-corrected chi connectivity index (χ3v) is 3.46. The Morgan fingerprint density at radius 2 is 1.84 bits per heavy atom. The number of halogens is 3. The maximum Gasteiger partial charge on any atom is 0.408 e. The number of hydrogen-bond donors (Lipinski definition) is 2. The van der Waals surface area contributed by atoms with Crippen LogP contribution in [0, 0.1) is 17.5 Å². The molecule has 0 heterocycles. The first-order chi connectivity index (χ1) is 11.5. The molecule has 1 aromatic carbocycles. The lowest BCUT2D eigenvalue weighted by atomic mass is 9.86. The zero-order chi connectivity index (χ0) is 19.4. The van der Waals surface area contributed by atoms with E-state index in [0.717, 1.165) is 6.07 Å². The molecule has 1 amide bonds. The van der Waals surface area contributed by atoms with Crippen LogP contribution in [-0.2, 0) is 9.53 Å². The standard InChI is InChI=1S/C17H23F3N2O3/c1-9(21)11(14-12(18)5-6-13(19)15(14)20)7-10(8-23)22-16(24)25-17(2,3)4/h5-6,8-11H,7,21H2,1-4H3,(H,22,24)/t9-,10+,11-/m1/s1. The number of nitrogens with two attached hydrogens (primary N) is 1. The highest BCUT2D eigenvalue weighted by atomic mass is 19.2. The summed E-state index contributed by atoms with van der Waals surface area (Å²) in [5, 5.41) is 2.31. The van der Waals surface area contributed by atoms with E-state index in [-0.39, 0.29) is 6.42 Å². The van der Waals surface area contributed by atoms with Crippen molar-refractivity contribution in [2.45, 2.75) is 57.7 Å². The van der Waals surface area contributed by atoms with E-state index >= 15 is 0 Å². The Hall–Kier alpha value is -2.09. The van der Waals surface area contributed by atoms with Gasteiger partial charge in [-0.3, -0.25) is 0 Å². The van der Waals surface area contributed by atoms with Gasteiger partial charge in [0.1, 0.15) is 17.7 Å². The zero-order valence-corrected chi connectivity index (χ0v) is 14.6. The van der Waals surface area contributed by atoms with Gasteiger partial charge >= 0.3 is 6.09 Å². The van der Waals surface area contributed by atoms with Gasteiger partial charge in [0, 0.05) is 17.5 Å². The van der Waals surface area contributed by atoms with Crippen LogP contribution in [0.3, 0.4) is 0 Å². The molecular formula is C17H23F3N2O3. The first kappa shape index (κ1) is 21.0. The second kappa shape index (κ2) is 8.33. The molecular weight excluding hydrogens is 337 g/mol. The summed E-state index contributed by atoms with van der Waals surface area (Å²) >= 11 is 0. The lowest BCUT2D eigenvalue weighted by molar-refractivity contribution is -0.109. The first-order valence-electron chi connectivity index (χ1n) is 7.80. The van der Waals surface area contributed by atoms with Crippen molar-refractivity contribution >= 4 is 12.4 Å². The fourth-order valence-corrected chi connectivity index (χ4v) is 2.36. The van der Waals surface area contributed by atoms with E-state index in [0.29, 0.717) is 12.4 Å². The number of benzene rings is 1. The lowest BCUT2D eigenvalue weighted by Crippen LogP contribution is -2.42. The van der Waals surface area contributed by atoms with Crippen molar-refractivity contribution in [3.05, 3.63) is 35.1 Å². The van der Waals surface area contributed by atoms with Gasteiger partial charge in [0.05, 0.1) is 6.04 Å². The summed E-state index contributed by atoms with van der Waals surface area (Å²) in [4.78, 5) is 23.0. The fourth-order valence-electron chi connectivity index (χ4n) is 2.36. The van der Waals surface area contributed by atoms with E-state index < -0.39 is 52.7 Å². The van der Waals surface area contributed by atoms with Gasteiger partial charge in [-0.2, -0.15) is 0 Å². The van der Waals surface area contributed by atoms with Gasteiger partial charge in [0.15, 0.2) is 11.6 Å². The number of alkyl carbamates (subject to hydrolysis) is 1. The van der Waals surface area contributed by atoms with Gasteiger partial charge in [0.25, 0.3) is 0 Å². The van der Waals surface area contributed by atoms with Crippen LogP contribution in [0.5, 0.6) is 0 Å². The van der Waals surface area contributed by atoms with Gasteiger partial charge in [0.2, 0.25) is 0 Å². The molecule has 25 heavy (non-hydrogen) atoms. The molecule has 0 aliphatic carbocycles. The van der Waals surface area contributed by atoms with E-state index in [1.165, 1.54) is 6.92 Å². The molecule has 5 nitrogen and oxygen atoms in total. The van der Waals surface area contributed by atoms with Gasteiger partial charge < -0.3 is 20.6 Å². The monoisotopic (exact) mass is 360 g/mol. The van der Waals surface area contributed by atoms with Crippen LogP contribution >= 0.6 is 0 Å². The molecule has 0 saturated heterocycles. The Morgan fingerprint density at radius 3 is 2.32 bits per heavy atom. The SMILES string of the molecule is C[C@@H](N)[C@@H](C[C@@H](C=O)NC(=O)OC(C)(C)C)c1c(F)ccc(F)c1F. The minimum Gasteiger partial charge on any atom is -0.444 e. The van der Waals surface area contributed by atoms with Crippen molar-refractivity contribution in [2.75, 3.05) is 0 Å². The Kier molecular flexibility index (Phi) is 6.98. The summed E-state index contributed by atoms with van der Waals surface area (Å²) in [6.07, 6.45) is -0.653.